The fraction of sp³-hybridized carbons (Fsp3) is 0.667. The van der Waals surface area contributed by atoms with Gasteiger partial charge in [0.15, 0.2) is 11.5 Å². The number of thioether (sulfide) groups is 1. The summed E-state index contributed by atoms with van der Waals surface area (Å²) in [5.74, 6) is 1.82. The number of nitrogens with two attached hydrogens (primary N) is 1. The van der Waals surface area contributed by atoms with Crippen molar-refractivity contribution in [3.05, 3.63) is 4.88 Å². The van der Waals surface area contributed by atoms with Crippen LogP contribution in [0, 0.1) is 5.92 Å². The summed E-state index contributed by atoms with van der Waals surface area (Å²) in [5, 5.41) is 1.65. The molecule has 2 N–H and O–H groups in total. The van der Waals surface area contributed by atoms with Crippen LogP contribution in [0.4, 0.5) is 10.7 Å². The van der Waals surface area contributed by atoms with E-state index < -0.39 is 0 Å². The van der Waals surface area contributed by atoms with Crippen molar-refractivity contribution < 1.29 is 9.53 Å². The van der Waals surface area contributed by atoms with Gasteiger partial charge in [-0.15, -0.1) is 11.3 Å². The number of carbonyl (C=O) groups is 1. The Morgan fingerprint density at radius 3 is 2.81 bits per heavy atom. The minimum Gasteiger partial charge on any atom is -0.492 e. The van der Waals surface area contributed by atoms with E-state index in [1.54, 1.807) is 7.11 Å². The largest absolute Gasteiger partial charge is 0.492 e. The molecule has 1 unspecified atom stereocenters. The Morgan fingerprint density at radius 2 is 2.24 bits per heavy atom. The Balaban J connectivity index is 2.35. The summed E-state index contributed by atoms with van der Waals surface area (Å²) in [5.41, 5.74) is 6.66. The molecule has 1 aliphatic heterocycles. The van der Waals surface area contributed by atoms with Gasteiger partial charge in [-0.3, -0.25) is 4.79 Å². The zero-order valence-electron chi connectivity index (χ0n) is 13.1. The SMILES string of the molecule is CCC1CN(c2sc(C(=O)C(C)C)c(N)c2OC)CCS1. The quantitative estimate of drug-likeness (QED) is 0.838. The highest BCUT2D eigenvalue weighted by atomic mass is 32.2. The van der Waals surface area contributed by atoms with Crippen molar-refractivity contribution in [3.8, 4) is 5.75 Å². The van der Waals surface area contributed by atoms with Gasteiger partial charge in [0.05, 0.1) is 17.7 Å². The first-order valence-electron chi connectivity index (χ1n) is 7.36. The van der Waals surface area contributed by atoms with Crippen molar-refractivity contribution >= 4 is 39.6 Å². The molecule has 0 spiro atoms. The normalized spacial score (nSPS) is 19.1. The predicted octanol–water partition coefficient (Wildman–Crippen LogP) is 3.51. The molecule has 2 heterocycles. The van der Waals surface area contributed by atoms with Crippen molar-refractivity contribution in [1.82, 2.24) is 0 Å². The smallest absolute Gasteiger partial charge is 0.177 e. The number of Topliss-reactive ketones (excluding diaryl/α,β-unsaturated/α-hetero) is 1. The zero-order chi connectivity index (χ0) is 15.6. The number of nitrogens with zero attached hydrogens (tertiary/aromatic N) is 1. The van der Waals surface area contributed by atoms with E-state index >= 15 is 0 Å². The van der Waals surface area contributed by atoms with E-state index in [-0.39, 0.29) is 11.7 Å². The van der Waals surface area contributed by atoms with Crippen molar-refractivity contribution in [2.75, 3.05) is 36.6 Å². The molecule has 0 amide bonds. The first kappa shape index (κ1) is 16.5. The summed E-state index contributed by atoms with van der Waals surface area (Å²) in [6.45, 7) is 7.99. The fourth-order valence-corrected chi connectivity index (χ4v) is 4.91. The highest BCUT2D eigenvalue weighted by Crippen LogP contribution is 2.46. The van der Waals surface area contributed by atoms with Crippen LogP contribution in [0.25, 0.3) is 0 Å². The average molecular weight is 329 g/mol. The second kappa shape index (κ2) is 6.92. The first-order valence-corrected chi connectivity index (χ1v) is 9.23. The molecule has 0 bridgehead atoms. The number of thiophene rings is 1. The molecule has 1 fully saturated rings. The third-order valence-corrected chi connectivity index (χ3v) is 6.35. The molecule has 0 saturated carbocycles. The lowest BCUT2D eigenvalue weighted by Gasteiger charge is -2.32. The zero-order valence-corrected chi connectivity index (χ0v) is 14.8. The van der Waals surface area contributed by atoms with Gasteiger partial charge in [-0.25, -0.2) is 0 Å². The summed E-state index contributed by atoms with van der Waals surface area (Å²) >= 11 is 3.50. The molecule has 118 valence electrons. The number of methoxy groups -OCH3 is 1. The Hall–Kier alpha value is -0.880. The van der Waals surface area contributed by atoms with Crippen LogP contribution in [-0.4, -0.2) is 37.0 Å². The lowest BCUT2D eigenvalue weighted by atomic mass is 10.1. The fourth-order valence-electron chi connectivity index (χ4n) is 2.42. The van der Waals surface area contributed by atoms with Crippen LogP contribution in [-0.2, 0) is 0 Å². The van der Waals surface area contributed by atoms with E-state index in [0.717, 1.165) is 30.3 Å². The standard InChI is InChI=1S/C15H24N2O2S2/c1-5-10-8-17(6-7-20-10)15-13(19-4)11(16)14(21-15)12(18)9(2)3/h9-10H,5-8,16H2,1-4H3. The number of hydrogen-bond acceptors (Lipinski definition) is 6. The minimum absolute atomic E-state index is 0.0520. The van der Waals surface area contributed by atoms with Crippen LogP contribution in [0.2, 0.25) is 0 Å². The van der Waals surface area contributed by atoms with Gasteiger partial charge in [0.2, 0.25) is 0 Å². The predicted molar refractivity (Wildman–Crippen MR) is 93.2 cm³/mol. The van der Waals surface area contributed by atoms with Gasteiger partial charge in [-0.2, -0.15) is 11.8 Å². The minimum atomic E-state index is -0.0520. The highest BCUT2D eigenvalue weighted by molar-refractivity contribution is 8.00. The maximum Gasteiger partial charge on any atom is 0.177 e. The molecule has 0 aromatic carbocycles. The maximum atomic E-state index is 12.3. The summed E-state index contributed by atoms with van der Waals surface area (Å²) in [7, 11) is 1.63. The molecule has 1 aromatic rings. The van der Waals surface area contributed by atoms with Crippen LogP contribution in [0.1, 0.15) is 36.9 Å². The summed E-state index contributed by atoms with van der Waals surface area (Å²) < 4.78 is 5.49. The van der Waals surface area contributed by atoms with Gasteiger partial charge in [0, 0.05) is 30.0 Å². The molecule has 1 aromatic heterocycles. The molecule has 1 saturated heterocycles. The van der Waals surface area contributed by atoms with Crippen LogP contribution in [0.5, 0.6) is 5.75 Å². The number of ether oxygens (including phenoxy) is 1. The van der Waals surface area contributed by atoms with Gasteiger partial charge < -0.3 is 15.4 Å². The van der Waals surface area contributed by atoms with E-state index in [4.69, 9.17) is 10.5 Å². The van der Waals surface area contributed by atoms with Crippen LogP contribution >= 0.6 is 23.1 Å². The molecule has 0 aliphatic carbocycles. The van der Waals surface area contributed by atoms with E-state index in [2.05, 4.69) is 11.8 Å². The summed E-state index contributed by atoms with van der Waals surface area (Å²) in [6, 6.07) is 0. The third kappa shape index (κ3) is 3.31. The van der Waals surface area contributed by atoms with Gasteiger partial charge in [-0.1, -0.05) is 20.8 Å². The molecule has 21 heavy (non-hydrogen) atoms. The maximum absolute atomic E-state index is 12.3. The van der Waals surface area contributed by atoms with Crippen molar-refractivity contribution in [3.63, 3.8) is 0 Å². The molecule has 4 nitrogen and oxygen atoms in total. The van der Waals surface area contributed by atoms with Crippen molar-refractivity contribution in [2.45, 2.75) is 32.4 Å². The summed E-state index contributed by atoms with van der Waals surface area (Å²) in [4.78, 5) is 15.3. The molecule has 2 rings (SSSR count). The Morgan fingerprint density at radius 1 is 1.52 bits per heavy atom. The second-order valence-corrected chi connectivity index (χ2v) is 7.96. The number of nitrogen functional groups attached to an aromatic ring is 1. The van der Waals surface area contributed by atoms with E-state index in [1.165, 1.54) is 11.3 Å². The molecule has 1 aliphatic rings. The molecular formula is C15H24N2O2S2. The number of carbonyl (C=O) groups excluding carboxylic acids is 1. The second-order valence-electron chi connectivity index (χ2n) is 5.55. The van der Waals surface area contributed by atoms with Gasteiger partial charge in [-0.05, 0) is 6.42 Å². The Kier molecular flexibility index (Phi) is 5.43. The molecule has 6 heteroatoms. The third-order valence-electron chi connectivity index (χ3n) is 3.72. The lowest BCUT2D eigenvalue weighted by molar-refractivity contribution is 0.0944. The van der Waals surface area contributed by atoms with Crippen molar-refractivity contribution in [1.29, 1.82) is 0 Å². The highest BCUT2D eigenvalue weighted by Gasteiger charge is 2.29. The number of anilines is 2. The Bertz CT molecular complexity index is 514. The van der Waals surface area contributed by atoms with Gasteiger partial charge in [0.25, 0.3) is 0 Å². The number of ketones is 1. The van der Waals surface area contributed by atoms with E-state index in [1.807, 2.05) is 25.6 Å². The van der Waals surface area contributed by atoms with Gasteiger partial charge >= 0.3 is 0 Å². The van der Waals surface area contributed by atoms with Crippen LogP contribution < -0.4 is 15.4 Å². The lowest BCUT2D eigenvalue weighted by Crippen LogP contribution is -2.37. The van der Waals surface area contributed by atoms with E-state index in [9.17, 15) is 4.79 Å². The molecule has 0 radical (unpaired) electrons. The average Bonchev–Trinajstić information content (AvgIpc) is 2.83. The molecular weight excluding hydrogens is 304 g/mol. The number of rotatable bonds is 5. The Labute approximate surface area is 135 Å². The van der Waals surface area contributed by atoms with Crippen LogP contribution in [0.15, 0.2) is 0 Å². The summed E-state index contributed by atoms with van der Waals surface area (Å²) in [6.07, 6.45) is 1.15. The topological polar surface area (TPSA) is 55.6 Å². The van der Waals surface area contributed by atoms with Gasteiger partial charge in [0.1, 0.15) is 5.00 Å². The van der Waals surface area contributed by atoms with E-state index in [0.29, 0.717) is 21.6 Å². The molecule has 1 atom stereocenters. The van der Waals surface area contributed by atoms with Crippen molar-refractivity contribution in [2.24, 2.45) is 5.92 Å². The number of hydrogen-bond donors (Lipinski definition) is 1. The van der Waals surface area contributed by atoms with Crippen LogP contribution in [0.3, 0.4) is 0 Å². The monoisotopic (exact) mass is 328 g/mol. The first-order chi connectivity index (χ1) is 9.99.